The van der Waals surface area contributed by atoms with Gasteiger partial charge in [-0.05, 0) is 49.8 Å². The maximum absolute atomic E-state index is 13.3. The van der Waals surface area contributed by atoms with Crippen LogP contribution in [0.2, 0.25) is 0 Å². The van der Waals surface area contributed by atoms with Crippen molar-refractivity contribution < 1.29 is 4.79 Å². The van der Waals surface area contributed by atoms with Crippen LogP contribution in [0.4, 0.5) is 5.69 Å². The summed E-state index contributed by atoms with van der Waals surface area (Å²) in [5, 5.41) is 0. The lowest BCUT2D eigenvalue weighted by molar-refractivity contribution is -0.122. The van der Waals surface area contributed by atoms with Gasteiger partial charge in [-0.3, -0.25) is 4.79 Å². The van der Waals surface area contributed by atoms with E-state index in [2.05, 4.69) is 64.4 Å². The molecule has 1 saturated heterocycles. The van der Waals surface area contributed by atoms with Crippen LogP contribution in [-0.4, -0.2) is 36.5 Å². The zero-order valence-electron chi connectivity index (χ0n) is 16.8. The number of piperidine rings is 1. The molecule has 0 atom stereocenters. The molecule has 1 heterocycles. The van der Waals surface area contributed by atoms with Gasteiger partial charge in [0.1, 0.15) is 0 Å². The van der Waals surface area contributed by atoms with Gasteiger partial charge in [0.15, 0.2) is 0 Å². The second-order valence-electron chi connectivity index (χ2n) is 8.33. The summed E-state index contributed by atoms with van der Waals surface area (Å²) in [5.41, 5.74) is 2.49. The van der Waals surface area contributed by atoms with Crippen molar-refractivity contribution in [2.24, 2.45) is 5.92 Å². The molecule has 2 aromatic rings. The lowest BCUT2D eigenvalue weighted by Gasteiger charge is -2.39. The van der Waals surface area contributed by atoms with Gasteiger partial charge in [-0.25, -0.2) is 0 Å². The lowest BCUT2D eigenvalue weighted by atomic mass is 9.98. The van der Waals surface area contributed by atoms with Crippen molar-refractivity contribution in [3.8, 4) is 0 Å². The predicted molar refractivity (Wildman–Crippen MR) is 115 cm³/mol. The minimum absolute atomic E-state index is 0.233. The zero-order valence-corrected chi connectivity index (χ0v) is 16.8. The van der Waals surface area contributed by atoms with Crippen LogP contribution < -0.4 is 4.90 Å². The number of rotatable bonds is 6. The van der Waals surface area contributed by atoms with E-state index in [1.54, 1.807) is 0 Å². The highest BCUT2D eigenvalue weighted by atomic mass is 16.2. The highest BCUT2D eigenvalue weighted by Gasteiger charge is 2.34. The molecule has 4 rings (SSSR count). The van der Waals surface area contributed by atoms with Crippen LogP contribution in [0.5, 0.6) is 0 Å². The van der Waals surface area contributed by atoms with Crippen LogP contribution in [0.3, 0.4) is 0 Å². The molecule has 1 aliphatic carbocycles. The molecule has 28 heavy (non-hydrogen) atoms. The van der Waals surface area contributed by atoms with Gasteiger partial charge in [-0.2, -0.15) is 0 Å². The number of likely N-dealkylation sites (tertiary alicyclic amines) is 1. The molecule has 2 fully saturated rings. The molecule has 0 unspecified atom stereocenters. The van der Waals surface area contributed by atoms with Gasteiger partial charge in [0.2, 0.25) is 5.91 Å². The van der Waals surface area contributed by atoms with Crippen LogP contribution >= 0.6 is 0 Å². The minimum atomic E-state index is 0.233. The molecule has 0 bridgehead atoms. The maximum Gasteiger partial charge on any atom is 0.230 e. The molecule has 1 saturated carbocycles. The second-order valence-corrected chi connectivity index (χ2v) is 8.33. The van der Waals surface area contributed by atoms with E-state index in [1.165, 1.54) is 18.4 Å². The summed E-state index contributed by atoms with van der Waals surface area (Å²) in [6, 6.07) is 21.4. The number of carbonyl (C=O) groups is 1. The van der Waals surface area contributed by atoms with Gasteiger partial charge in [-0.1, -0.05) is 61.4 Å². The van der Waals surface area contributed by atoms with Gasteiger partial charge < -0.3 is 9.80 Å². The number of hydrogen-bond donors (Lipinski definition) is 0. The van der Waals surface area contributed by atoms with Gasteiger partial charge >= 0.3 is 0 Å². The first kappa shape index (κ1) is 19.2. The number of carbonyl (C=O) groups excluding carboxylic acids is 1. The molecular weight excluding hydrogens is 344 g/mol. The standard InChI is InChI=1S/C25H32N2O/c28-25(22-11-7-8-12-22)27(23-13-5-2-6-14-23)24-16-19-26(20-17-24)18-15-21-9-3-1-4-10-21/h1-6,9-10,13-14,22,24H,7-8,11-12,15-20H2. The van der Waals surface area contributed by atoms with Crippen LogP contribution in [0, 0.1) is 5.92 Å². The summed E-state index contributed by atoms with van der Waals surface area (Å²) in [4.78, 5) is 18.1. The van der Waals surface area contributed by atoms with E-state index in [0.717, 1.165) is 57.4 Å². The van der Waals surface area contributed by atoms with E-state index < -0.39 is 0 Å². The van der Waals surface area contributed by atoms with Gasteiger partial charge in [0.25, 0.3) is 0 Å². The van der Waals surface area contributed by atoms with Crippen molar-refractivity contribution in [1.82, 2.24) is 4.90 Å². The molecule has 148 valence electrons. The molecule has 1 amide bonds. The fraction of sp³-hybridized carbons (Fsp3) is 0.480. The second kappa shape index (κ2) is 9.38. The maximum atomic E-state index is 13.3. The molecule has 3 heteroatoms. The Morgan fingerprint density at radius 1 is 0.857 bits per heavy atom. The highest BCUT2D eigenvalue weighted by Crippen LogP contribution is 2.32. The van der Waals surface area contributed by atoms with E-state index in [0.29, 0.717) is 11.9 Å². The van der Waals surface area contributed by atoms with Crippen LogP contribution in [0.25, 0.3) is 0 Å². The zero-order chi connectivity index (χ0) is 19.2. The first-order valence-electron chi connectivity index (χ1n) is 11.0. The van der Waals surface area contributed by atoms with Gasteiger partial charge in [0, 0.05) is 37.3 Å². The summed E-state index contributed by atoms with van der Waals surface area (Å²) in [6.07, 6.45) is 7.79. The van der Waals surface area contributed by atoms with E-state index in [4.69, 9.17) is 0 Å². The molecule has 0 aromatic heterocycles. The normalized spacial score (nSPS) is 19.0. The Kier molecular flexibility index (Phi) is 6.43. The third kappa shape index (κ3) is 4.64. The molecular formula is C25H32N2O. The third-order valence-corrected chi connectivity index (χ3v) is 6.46. The smallest absolute Gasteiger partial charge is 0.230 e. The largest absolute Gasteiger partial charge is 0.309 e. The Balaban J connectivity index is 1.38. The first-order valence-corrected chi connectivity index (χ1v) is 11.0. The topological polar surface area (TPSA) is 23.6 Å². The van der Waals surface area contributed by atoms with Crippen molar-refractivity contribution in [1.29, 1.82) is 0 Å². The van der Waals surface area contributed by atoms with Crippen molar-refractivity contribution in [3.63, 3.8) is 0 Å². The van der Waals surface area contributed by atoms with Gasteiger partial charge in [0.05, 0.1) is 0 Å². The average molecular weight is 377 g/mol. The third-order valence-electron chi connectivity index (χ3n) is 6.46. The Morgan fingerprint density at radius 3 is 2.11 bits per heavy atom. The Labute approximate surface area is 169 Å². The number of nitrogens with zero attached hydrogens (tertiary/aromatic N) is 2. The Morgan fingerprint density at radius 2 is 1.46 bits per heavy atom. The fourth-order valence-corrected chi connectivity index (χ4v) is 4.81. The highest BCUT2D eigenvalue weighted by molar-refractivity contribution is 5.95. The van der Waals surface area contributed by atoms with Crippen molar-refractivity contribution in [3.05, 3.63) is 66.2 Å². The number of hydrogen-bond acceptors (Lipinski definition) is 2. The van der Waals surface area contributed by atoms with Crippen LogP contribution in [-0.2, 0) is 11.2 Å². The molecule has 2 aromatic carbocycles. The predicted octanol–water partition coefficient (Wildman–Crippen LogP) is 4.92. The van der Waals surface area contributed by atoms with Crippen molar-refractivity contribution in [2.45, 2.75) is 51.0 Å². The summed E-state index contributed by atoms with van der Waals surface area (Å²) in [6.45, 7) is 3.27. The Bertz CT molecular complexity index is 732. The Hall–Kier alpha value is -2.13. The quantitative estimate of drug-likeness (QED) is 0.715. The number of para-hydroxylation sites is 1. The van der Waals surface area contributed by atoms with E-state index in [-0.39, 0.29) is 5.92 Å². The van der Waals surface area contributed by atoms with E-state index in [1.807, 2.05) is 6.07 Å². The first-order chi connectivity index (χ1) is 13.8. The summed E-state index contributed by atoms with van der Waals surface area (Å²) < 4.78 is 0. The van der Waals surface area contributed by atoms with Crippen LogP contribution in [0.1, 0.15) is 44.1 Å². The van der Waals surface area contributed by atoms with Crippen molar-refractivity contribution in [2.75, 3.05) is 24.5 Å². The summed E-state index contributed by atoms with van der Waals surface area (Å²) >= 11 is 0. The minimum Gasteiger partial charge on any atom is -0.309 e. The van der Waals surface area contributed by atoms with E-state index in [9.17, 15) is 4.79 Å². The fourth-order valence-electron chi connectivity index (χ4n) is 4.81. The molecule has 0 radical (unpaired) electrons. The summed E-state index contributed by atoms with van der Waals surface area (Å²) in [7, 11) is 0. The molecule has 0 N–H and O–H groups in total. The van der Waals surface area contributed by atoms with Crippen LogP contribution in [0.15, 0.2) is 60.7 Å². The van der Waals surface area contributed by atoms with Gasteiger partial charge in [-0.15, -0.1) is 0 Å². The molecule has 0 spiro atoms. The number of benzene rings is 2. The van der Waals surface area contributed by atoms with E-state index >= 15 is 0 Å². The molecule has 2 aliphatic rings. The SMILES string of the molecule is O=C(C1CCCC1)N(c1ccccc1)C1CCN(CCc2ccccc2)CC1. The monoisotopic (exact) mass is 376 g/mol. The number of amides is 1. The molecule has 1 aliphatic heterocycles. The number of anilines is 1. The average Bonchev–Trinajstić information content (AvgIpc) is 3.30. The molecule has 3 nitrogen and oxygen atoms in total. The van der Waals surface area contributed by atoms with Crippen molar-refractivity contribution >= 4 is 11.6 Å². The summed E-state index contributed by atoms with van der Waals surface area (Å²) in [5.74, 6) is 0.600. The lowest BCUT2D eigenvalue weighted by Crippen LogP contribution is -2.49.